The standard InChI is InChI=1S/C43H25N3S/c1-2-10-28(11-3-1)41-44-42(29-19-24-39-37(25-29)34-14-6-7-16-38(34)47-39)46-43(45-41)36-15-8-12-27-18-21-33-32-20-17-26-9-4-5-13-30(26)31(32)22-23-35(33)40(27)36/h1-25H. The van der Waals surface area contributed by atoms with Crippen molar-refractivity contribution in [2.24, 2.45) is 0 Å². The van der Waals surface area contributed by atoms with Crippen molar-refractivity contribution in [2.75, 3.05) is 0 Å². The van der Waals surface area contributed by atoms with Gasteiger partial charge in [-0.1, -0.05) is 127 Å². The number of thiophene rings is 1. The van der Waals surface area contributed by atoms with Crippen LogP contribution in [0.25, 0.3) is 97.4 Å². The largest absolute Gasteiger partial charge is 0.208 e. The minimum atomic E-state index is 0.662. The topological polar surface area (TPSA) is 38.7 Å². The van der Waals surface area contributed by atoms with Gasteiger partial charge in [0, 0.05) is 42.2 Å². The van der Waals surface area contributed by atoms with Gasteiger partial charge in [-0.3, -0.25) is 0 Å². The molecule has 3 nitrogen and oxygen atoms in total. The van der Waals surface area contributed by atoms with Gasteiger partial charge in [-0.25, -0.2) is 15.0 Å². The summed E-state index contributed by atoms with van der Waals surface area (Å²) in [5, 5.41) is 12.2. The van der Waals surface area contributed by atoms with Gasteiger partial charge >= 0.3 is 0 Å². The van der Waals surface area contributed by atoms with Crippen LogP contribution >= 0.6 is 11.3 Å². The highest BCUT2D eigenvalue weighted by molar-refractivity contribution is 7.25. The van der Waals surface area contributed by atoms with E-state index in [1.165, 1.54) is 52.5 Å². The predicted molar refractivity (Wildman–Crippen MR) is 199 cm³/mol. The molecule has 2 aromatic heterocycles. The molecule has 0 atom stereocenters. The summed E-state index contributed by atoms with van der Waals surface area (Å²) in [5.74, 6) is 2.00. The van der Waals surface area contributed by atoms with Gasteiger partial charge in [-0.05, 0) is 62.0 Å². The van der Waals surface area contributed by atoms with Crippen LogP contribution in [-0.2, 0) is 0 Å². The van der Waals surface area contributed by atoms with Crippen LogP contribution < -0.4 is 0 Å². The first kappa shape index (κ1) is 26.3. The van der Waals surface area contributed by atoms with E-state index in [-0.39, 0.29) is 0 Å². The fourth-order valence-electron chi connectivity index (χ4n) is 7.09. The Labute approximate surface area is 274 Å². The molecule has 0 unspecified atom stereocenters. The summed E-state index contributed by atoms with van der Waals surface area (Å²) in [7, 11) is 0. The molecule has 0 spiro atoms. The van der Waals surface area contributed by atoms with Gasteiger partial charge < -0.3 is 0 Å². The maximum atomic E-state index is 5.21. The lowest BCUT2D eigenvalue weighted by molar-refractivity contribution is 1.08. The molecular formula is C43H25N3S. The highest BCUT2D eigenvalue weighted by Gasteiger charge is 2.17. The highest BCUT2D eigenvalue weighted by Crippen LogP contribution is 2.40. The molecule has 0 N–H and O–H groups in total. The fraction of sp³-hybridized carbons (Fsp3) is 0. The summed E-state index contributed by atoms with van der Waals surface area (Å²) in [6.07, 6.45) is 0. The van der Waals surface area contributed by atoms with E-state index in [2.05, 4.69) is 133 Å². The van der Waals surface area contributed by atoms with Crippen LogP contribution in [0.1, 0.15) is 0 Å². The number of hydrogen-bond acceptors (Lipinski definition) is 4. The minimum Gasteiger partial charge on any atom is -0.208 e. The van der Waals surface area contributed by atoms with Crippen LogP contribution in [0.3, 0.4) is 0 Å². The van der Waals surface area contributed by atoms with Crippen LogP contribution in [0, 0.1) is 0 Å². The Morgan fingerprint density at radius 1 is 0.340 bits per heavy atom. The average molecular weight is 616 g/mol. The van der Waals surface area contributed by atoms with Gasteiger partial charge in [0.2, 0.25) is 0 Å². The van der Waals surface area contributed by atoms with Crippen LogP contribution in [0.5, 0.6) is 0 Å². The molecule has 4 heteroatoms. The third kappa shape index (κ3) is 4.16. The minimum absolute atomic E-state index is 0.662. The van der Waals surface area contributed by atoms with Crippen molar-refractivity contribution in [3.05, 3.63) is 152 Å². The summed E-state index contributed by atoms with van der Waals surface area (Å²) in [6, 6.07) is 53.9. The van der Waals surface area contributed by atoms with Crippen LogP contribution in [0.15, 0.2) is 152 Å². The van der Waals surface area contributed by atoms with Crippen molar-refractivity contribution in [1.29, 1.82) is 0 Å². The lowest BCUT2D eigenvalue weighted by atomic mass is 9.92. The van der Waals surface area contributed by atoms with Crippen molar-refractivity contribution in [3.8, 4) is 34.2 Å². The molecule has 0 bridgehead atoms. The summed E-state index contributed by atoms with van der Waals surface area (Å²) in [4.78, 5) is 15.4. The second-order valence-electron chi connectivity index (χ2n) is 12.0. The molecule has 0 aliphatic heterocycles. The molecule has 10 aromatic rings. The van der Waals surface area contributed by atoms with E-state index < -0.39 is 0 Å². The third-order valence-corrected chi connectivity index (χ3v) is 10.5. The number of rotatable bonds is 3. The van der Waals surface area contributed by atoms with Crippen molar-refractivity contribution >= 4 is 74.6 Å². The average Bonchev–Trinajstić information content (AvgIpc) is 3.52. The number of fused-ring (bicyclic) bond motifs is 10. The molecule has 8 aromatic carbocycles. The quantitative estimate of drug-likeness (QED) is 0.186. The molecule has 47 heavy (non-hydrogen) atoms. The van der Waals surface area contributed by atoms with Crippen molar-refractivity contribution in [3.63, 3.8) is 0 Å². The van der Waals surface area contributed by atoms with Gasteiger partial charge in [0.05, 0.1) is 0 Å². The second-order valence-corrected chi connectivity index (χ2v) is 13.1. The first-order valence-corrected chi connectivity index (χ1v) is 16.6. The van der Waals surface area contributed by atoms with Crippen molar-refractivity contribution < 1.29 is 0 Å². The fourth-order valence-corrected chi connectivity index (χ4v) is 8.17. The smallest absolute Gasteiger partial charge is 0.164 e. The van der Waals surface area contributed by atoms with E-state index in [0.29, 0.717) is 17.5 Å². The van der Waals surface area contributed by atoms with E-state index in [1.54, 1.807) is 0 Å². The monoisotopic (exact) mass is 615 g/mol. The Bertz CT molecular complexity index is 2850. The number of benzene rings is 8. The van der Waals surface area contributed by atoms with Crippen LogP contribution in [0.2, 0.25) is 0 Å². The van der Waals surface area contributed by atoms with E-state index in [0.717, 1.165) is 27.5 Å². The molecule has 2 heterocycles. The Hall–Kier alpha value is -5.97. The lowest BCUT2D eigenvalue weighted by Crippen LogP contribution is -2.00. The summed E-state index contributed by atoms with van der Waals surface area (Å²) in [5.41, 5.74) is 2.93. The highest BCUT2D eigenvalue weighted by atomic mass is 32.1. The normalized spacial score (nSPS) is 11.8. The Morgan fingerprint density at radius 3 is 1.85 bits per heavy atom. The summed E-state index contributed by atoms with van der Waals surface area (Å²) >= 11 is 1.82. The van der Waals surface area contributed by atoms with Gasteiger partial charge in [-0.2, -0.15) is 0 Å². The van der Waals surface area contributed by atoms with Crippen molar-refractivity contribution in [1.82, 2.24) is 15.0 Å². The molecule has 218 valence electrons. The van der Waals surface area contributed by atoms with E-state index >= 15 is 0 Å². The van der Waals surface area contributed by atoms with E-state index in [9.17, 15) is 0 Å². The Morgan fingerprint density at radius 2 is 0.957 bits per heavy atom. The molecule has 0 aliphatic carbocycles. The third-order valence-electron chi connectivity index (χ3n) is 9.31. The van der Waals surface area contributed by atoms with Gasteiger partial charge in [-0.15, -0.1) is 11.3 Å². The molecule has 0 fully saturated rings. The first-order valence-electron chi connectivity index (χ1n) is 15.8. The first-order chi connectivity index (χ1) is 23.3. The molecule has 0 aliphatic rings. The number of nitrogens with zero attached hydrogens (tertiary/aromatic N) is 3. The molecule has 10 rings (SSSR count). The molecule has 0 saturated carbocycles. The van der Waals surface area contributed by atoms with E-state index in [1.807, 2.05) is 29.5 Å². The lowest BCUT2D eigenvalue weighted by Gasteiger charge is -2.14. The number of hydrogen-bond donors (Lipinski definition) is 0. The SMILES string of the molecule is c1ccc(-c2nc(-c3ccc4sc5ccccc5c4c3)nc(-c3cccc4ccc5c6ccc7ccccc7c6ccc5c34)n2)cc1. The van der Waals surface area contributed by atoms with Crippen molar-refractivity contribution in [2.45, 2.75) is 0 Å². The molecular weight excluding hydrogens is 591 g/mol. The number of aromatic nitrogens is 3. The van der Waals surface area contributed by atoms with Crippen LogP contribution in [0.4, 0.5) is 0 Å². The summed E-state index contributed by atoms with van der Waals surface area (Å²) in [6.45, 7) is 0. The summed E-state index contributed by atoms with van der Waals surface area (Å²) < 4.78 is 2.54. The Kier molecular flexibility index (Phi) is 5.74. The molecule has 0 saturated heterocycles. The second kappa shape index (κ2) is 10.3. The van der Waals surface area contributed by atoms with Gasteiger partial charge in [0.25, 0.3) is 0 Å². The van der Waals surface area contributed by atoms with Gasteiger partial charge in [0.15, 0.2) is 17.5 Å². The zero-order valence-electron chi connectivity index (χ0n) is 25.2. The van der Waals surface area contributed by atoms with Gasteiger partial charge in [0.1, 0.15) is 0 Å². The maximum Gasteiger partial charge on any atom is 0.164 e. The predicted octanol–water partition coefficient (Wildman–Crippen LogP) is 11.9. The van der Waals surface area contributed by atoms with E-state index in [4.69, 9.17) is 15.0 Å². The molecule has 0 amide bonds. The zero-order chi connectivity index (χ0) is 30.9. The zero-order valence-corrected chi connectivity index (χ0v) is 26.0. The maximum absolute atomic E-state index is 5.21. The Balaban J connectivity index is 1.24. The molecule has 0 radical (unpaired) electrons. The van der Waals surface area contributed by atoms with Crippen LogP contribution in [-0.4, -0.2) is 15.0 Å².